The third-order valence-electron chi connectivity index (χ3n) is 5.19. The summed E-state index contributed by atoms with van der Waals surface area (Å²) in [5.41, 5.74) is 2.71. The summed E-state index contributed by atoms with van der Waals surface area (Å²) in [5, 5.41) is 9.04. The fourth-order valence-corrected chi connectivity index (χ4v) is 3.65. The van der Waals surface area contributed by atoms with E-state index in [2.05, 4.69) is 16.8 Å². The Hall–Kier alpha value is -4.31. The Morgan fingerprint density at radius 3 is 2.50 bits per heavy atom. The second kappa shape index (κ2) is 9.28. The Labute approximate surface area is 193 Å². The first-order valence-electron chi connectivity index (χ1n) is 10.2. The standard InChI is InChI=1S/C27H18F3NO3/c1-17-15-31-26-22(6-3-7-23(26)27(28,29)30)25(17)20-4-2-5-21(14-20)34-16-19-10-8-18(9-11-19)12-13-24(32)33/h2-11,14-15H,16H2,1H3,(H,32,33). The van der Waals surface area contributed by atoms with Crippen LogP contribution in [0.1, 0.15) is 22.3 Å². The largest absolute Gasteiger partial charge is 0.489 e. The SMILES string of the molecule is Cc1cnc2c(C(F)(F)F)cccc2c1-c1cccc(OCc2ccc(C#CC(=O)O)cc2)c1. The molecule has 0 atom stereocenters. The molecular formula is C27H18F3NO3. The number of fused-ring (bicyclic) bond motifs is 1. The summed E-state index contributed by atoms with van der Waals surface area (Å²) in [6.07, 6.45) is -3.05. The van der Waals surface area contributed by atoms with Crippen molar-refractivity contribution in [1.29, 1.82) is 0 Å². The summed E-state index contributed by atoms with van der Waals surface area (Å²) in [6, 6.07) is 18.2. The Morgan fingerprint density at radius 2 is 1.79 bits per heavy atom. The van der Waals surface area contributed by atoms with Crippen molar-refractivity contribution in [3.8, 4) is 28.7 Å². The van der Waals surface area contributed by atoms with Gasteiger partial charge in [-0.2, -0.15) is 13.2 Å². The lowest BCUT2D eigenvalue weighted by molar-refractivity contribution is -0.136. The molecule has 1 heterocycles. The first-order chi connectivity index (χ1) is 16.2. The number of hydrogen-bond acceptors (Lipinski definition) is 3. The maximum Gasteiger partial charge on any atom is 0.418 e. The van der Waals surface area contributed by atoms with Gasteiger partial charge in [0.2, 0.25) is 0 Å². The van der Waals surface area contributed by atoms with Gasteiger partial charge in [0.05, 0.1) is 11.1 Å². The fourth-order valence-electron chi connectivity index (χ4n) is 3.65. The van der Waals surface area contributed by atoms with Gasteiger partial charge < -0.3 is 9.84 Å². The highest BCUT2D eigenvalue weighted by molar-refractivity contribution is 5.97. The third-order valence-corrected chi connectivity index (χ3v) is 5.19. The first kappa shape index (κ1) is 22.9. The number of aromatic nitrogens is 1. The van der Waals surface area contributed by atoms with Crippen LogP contribution >= 0.6 is 0 Å². The molecular weight excluding hydrogens is 443 g/mol. The van der Waals surface area contributed by atoms with Crippen LogP contribution in [0.25, 0.3) is 22.0 Å². The molecule has 170 valence electrons. The lowest BCUT2D eigenvalue weighted by Gasteiger charge is -2.15. The van der Waals surface area contributed by atoms with Gasteiger partial charge >= 0.3 is 12.1 Å². The summed E-state index contributed by atoms with van der Waals surface area (Å²) in [4.78, 5) is 14.6. The second-order valence-corrected chi connectivity index (χ2v) is 7.58. The van der Waals surface area contributed by atoms with Crippen molar-refractivity contribution < 1.29 is 27.8 Å². The molecule has 0 bridgehead atoms. The van der Waals surface area contributed by atoms with E-state index in [1.165, 1.54) is 12.3 Å². The van der Waals surface area contributed by atoms with E-state index in [4.69, 9.17) is 9.84 Å². The number of benzene rings is 3. The Morgan fingerprint density at radius 1 is 1.06 bits per heavy atom. The van der Waals surface area contributed by atoms with Gasteiger partial charge in [0.15, 0.2) is 0 Å². The molecule has 0 fully saturated rings. The van der Waals surface area contributed by atoms with Gasteiger partial charge in [0, 0.05) is 23.1 Å². The summed E-state index contributed by atoms with van der Waals surface area (Å²) in [6.45, 7) is 2.06. The molecule has 0 aliphatic rings. The number of carbonyl (C=O) groups is 1. The predicted octanol–water partition coefficient (Wildman–Crippen LogP) is 6.24. The van der Waals surface area contributed by atoms with Crippen LogP contribution < -0.4 is 4.74 Å². The molecule has 1 N–H and O–H groups in total. The van der Waals surface area contributed by atoms with Gasteiger partial charge in [-0.05, 0) is 59.5 Å². The van der Waals surface area contributed by atoms with Crippen LogP contribution in [-0.4, -0.2) is 16.1 Å². The molecule has 0 unspecified atom stereocenters. The minimum atomic E-state index is -4.50. The van der Waals surface area contributed by atoms with Crippen LogP contribution in [0.4, 0.5) is 13.2 Å². The number of aliphatic carboxylic acids is 1. The van der Waals surface area contributed by atoms with Gasteiger partial charge in [-0.3, -0.25) is 4.98 Å². The highest BCUT2D eigenvalue weighted by Crippen LogP contribution is 2.38. The van der Waals surface area contributed by atoms with Crippen molar-refractivity contribution in [2.45, 2.75) is 19.7 Å². The number of carboxylic acids is 1. The number of aryl methyl sites for hydroxylation is 1. The summed E-state index contributed by atoms with van der Waals surface area (Å²) >= 11 is 0. The average molecular weight is 461 g/mol. The van der Waals surface area contributed by atoms with Gasteiger partial charge in [0.25, 0.3) is 0 Å². The molecule has 34 heavy (non-hydrogen) atoms. The molecule has 4 nitrogen and oxygen atoms in total. The third kappa shape index (κ3) is 5.02. The Bertz CT molecular complexity index is 1430. The second-order valence-electron chi connectivity index (χ2n) is 7.58. The number of hydrogen-bond donors (Lipinski definition) is 1. The van der Waals surface area contributed by atoms with E-state index in [9.17, 15) is 18.0 Å². The van der Waals surface area contributed by atoms with Crippen molar-refractivity contribution in [2.75, 3.05) is 0 Å². The van der Waals surface area contributed by atoms with E-state index in [0.717, 1.165) is 22.8 Å². The predicted molar refractivity (Wildman–Crippen MR) is 122 cm³/mol. The highest BCUT2D eigenvalue weighted by Gasteiger charge is 2.33. The molecule has 0 aliphatic heterocycles. The fraction of sp³-hybridized carbons (Fsp3) is 0.111. The maximum atomic E-state index is 13.5. The van der Waals surface area contributed by atoms with Crippen LogP contribution in [-0.2, 0) is 17.6 Å². The molecule has 0 spiro atoms. The van der Waals surface area contributed by atoms with Crippen molar-refractivity contribution in [3.05, 3.63) is 95.2 Å². The Balaban J connectivity index is 1.62. The van der Waals surface area contributed by atoms with Crippen LogP contribution in [0.3, 0.4) is 0 Å². The summed E-state index contributed by atoms with van der Waals surface area (Å²) in [7, 11) is 0. The molecule has 0 radical (unpaired) electrons. The number of nitrogens with zero attached hydrogens (tertiary/aromatic N) is 1. The van der Waals surface area contributed by atoms with Crippen molar-refractivity contribution >= 4 is 16.9 Å². The van der Waals surface area contributed by atoms with Crippen LogP contribution in [0.5, 0.6) is 5.75 Å². The van der Waals surface area contributed by atoms with E-state index < -0.39 is 17.7 Å². The highest BCUT2D eigenvalue weighted by atomic mass is 19.4. The maximum absolute atomic E-state index is 13.5. The number of carboxylic acid groups (broad SMARTS) is 1. The van der Waals surface area contributed by atoms with E-state index in [1.807, 2.05) is 13.0 Å². The number of para-hydroxylation sites is 1. The monoisotopic (exact) mass is 461 g/mol. The zero-order valence-corrected chi connectivity index (χ0v) is 18.0. The smallest absolute Gasteiger partial charge is 0.418 e. The molecule has 0 aliphatic carbocycles. The topological polar surface area (TPSA) is 59.4 Å². The number of halogens is 3. The van der Waals surface area contributed by atoms with Crippen LogP contribution in [0.15, 0.2) is 72.9 Å². The molecule has 0 amide bonds. The molecule has 4 rings (SSSR count). The van der Waals surface area contributed by atoms with Gasteiger partial charge in [0.1, 0.15) is 12.4 Å². The molecule has 4 aromatic rings. The van der Waals surface area contributed by atoms with Gasteiger partial charge in [-0.25, -0.2) is 4.79 Å². The van der Waals surface area contributed by atoms with Gasteiger partial charge in [-0.1, -0.05) is 42.3 Å². The molecule has 3 aromatic carbocycles. The summed E-state index contributed by atoms with van der Waals surface area (Å²) in [5.74, 6) is 3.96. The quantitative estimate of drug-likeness (QED) is 0.365. The molecule has 0 saturated carbocycles. The Kier molecular flexibility index (Phi) is 6.24. The van der Waals surface area contributed by atoms with E-state index in [1.54, 1.807) is 48.5 Å². The van der Waals surface area contributed by atoms with Crippen molar-refractivity contribution in [2.24, 2.45) is 0 Å². The lowest BCUT2D eigenvalue weighted by Crippen LogP contribution is -2.07. The number of pyridine rings is 1. The molecule has 7 heteroatoms. The number of ether oxygens (including phenoxy) is 1. The lowest BCUT2D eigenvalue weighted by atomic mass is 9.95. The minimum Gasteiger partial charge on any atom is -0.489 e. The zero-order valence-electron chi connectivity index (χ0n) is 18.0. The van der Waals surface area contributed by atoms with Crippen LogP contribution in [0, 0.1) is 18.8 Å². The minimum absolute atomic E-state index is 0.0898. The molecule has 1 aromatic heterocycles. The zero-order chi connectivity index (χ0) is 24.3. The van der Waals surface area contributed by atoms with Gasteiger partial charge in [-0.15, -0.1) is 0 Å². The van der Waals surface area contributed by atoms with E-state index in [-0.39, 0.29) is 12.1 Å². The number of rotatable bonds is 4. The first-order valence-corrected chi connectivity index (χ1v) is 10.2. The molecule has 0 saturated heterocycles. The van der Waals surface area contributed by atoms with E-state index in [0.29, 0.717) is 22.3 Å². The van der Waals surface area contributed by atoms with E-state index >= 15 is 0 Å². The van der Waals surface area contributed by atoms with Crippen molar-refractivity contribution in [3.63, 3.8) is 0 Å². The van der Waals surface area contributed by atoms with Crippen LogP contribution in [0.2, 0.25) is 0 Å². The summed E-state index contributed by atoms with van der Waals surface area (Å²) < 4.78 is 46.4. The average Bonchev–Trinajstić information content (AvgIpc) is 2.81. The van der Waals surface area contributed by atoms with Crippen molar-refractivity contribution in [1.82, 2.24) is 4.98 Å². The number of alkyl halides is 3. The normalized spacial score (nSPS) is 11.1.